The molecule has 0 radical (unpaired) electrons. The number of rotatable bonds is 3. The Morgan fingerprint density at radius 3 is 2.77 bits per heavy atom. The molecule has 4 nitrogen and oxygen atoms in total. The maximum absolute atomic E-state index is 10.0. The average Bonchev–Trinajstić information content (AvgIpc) is 2.31. The minimum atomic E-state index is -0.989. The molecular formula is C8H14ClN3O. The standard InChI is InChI=1S/C8H14ClN3O/c1-8(13,5-10-2)7-6(9)4-11-12(7)3/h4,10,13H,5H2,1-3H3. The maximum Gasteiger partial charge on any atom is 0.117 e. The molecule has 1 aromatic rings. The number of nitrogens with zero attached hydrogens (tertiary/aromatic N) is 2. The Hall–Kier alpha value is -0.580. The first-order valence-corrected chi connectivity index (χ1v) is 4.42. The van der Waals surface area contributed by atoms with E-state index < -0.39 is 5.60 Å². The second-order valence-corrected chi connectivity index (χ2v) is 3.68. The Morgan fingerprint density at radius 2 is 2.38 bits per heavy atom. The highest BCUT2D eigenvalue weighted by molar-refractivity contribution is 6.31. The Bertz CT molecular complexity index is 276. The largest absolute Gasteiger partial charge is 0.382 e. The zero-order valence-electron chi connectivity index (χ0n) is 8.00. The van der Waals surface area contributed by atoms with Gasteiger partial charge in [0, 0.05) is 13.6 Å². The Kier molecular flexibility index (Phi) is 2.95. The van der Waals surface area contributed by atoms with Crippen LogP contribution in [0.4, 0.5) is 0 Å². The molecule has 1 rings (SSSR count). The lowest BCUT2D eigenvalue weighted by atomic mass is 10.0. The van der Waals surface area contributed by atoms with Crippen LogP contribution in [0.25, 0.3) is 0 Å². The van der Waals surface area contributed by atoms with Crippen LogP contribution in [0.3, 0.4) is 0 Å². The average molecular weight is 204 g/mol. The van der Waals surface area contributed by atoms with Crippen molar-refractivity contribution in [3.05, 3.63) is 16.9 Å². The Balaban J connectivity index is 3.05. The third-order valence-electron chi connectivity index (χ3n) is 1.93. The SMILES string of the molecule is CNCC(C)(O)c1c(Cl)cnn1C. The number of aromatic nitrogens is 2. The molecule has 0 saturated carbocycles. The van der Waals surface area contributed by atoms with Crippen molar-refractivity contribution in [3.63, 3.8) is 0 Å². The summed E-state index contributed by atoms with van der Waals surface area (Å²) in [5.74, 6) is 0. The summed E-state index contributed by atoms with van der Waals surface area (Å²) < 4.78 is 1.58. The zero-order valence-corrected chi connectivity index (χ0v) is 8.76. The van der Waals surface area contributed by atoms with E-state index in [4.69, 9.17) is 11.6 Å². The number of aliphatic hydroxyl groups is 1. The van der Waals surface area contributed by atoms with Crippen LogP contribution in [-0.2, 0) is 12.6 Å². The molecule has 0 amide bonds. The first kappa shape index (κ1) is 10.5. The molecule has 1 heterocycles. The lowest BCUT2D eigenvalue weighted by molar-refractivity contribution is 0.0507. The third kappa shape index (κ3) is 2.02. The fraction of sp³-hybridized carbons (Fsp3) is 0.625. The third-order valence-corrected chi connectivity index (χ3v) is 2.20. The van der Waals surface area contributed by atoms with Crippen molar-refractivity contribution in [1.82, 2.24) is 15.1 Å². The van der Waals surface area contributed by atoms with Crippen LogP contribution < -0.4 is 5.32 Å². The quantitative estimate of drug-likeness (QED) is 0.753. The van der Waals surface area contributed by atoms with Crippen molar-refractivity contribution in [2.24, 2.45) is 7.05 Å². The van der Waals surface area contributed by atoms with Crippen LogP contribution in [0.2, 0.25) is 5.02 Å². The van der Waals surface area contributed by atoms with Gasteiger partial charge in [0.15, 0.2) is 0 Å². The highest BCUT2D eigenvalue weighted by atomic mass is 35.5. The van der Waals surface area contributed by atoms with Crippen LogP contribution >= 0.6 is 11.6 Å². The van der Waals surface area contributed by atoms with E-state index in [1.807, 2.05) is 0 Å². The molecule has 0 bridgehead atoms. The van der Waals surface area contributed by atoms with Gasteiger partial charge in [0.2, 0.25) is 0 Å². The first-order valence-electron chi connectivity index (χ1n) is 4.04. The number of halogens is 1. The van der Waals surface area contributed by atoms with Gasteiger partial charge in [-0.05, 0) is 14.0 Å². The lowest BCUT2D eigenvalue weighted by Crippen LogP contribution is -2.35. The Labute approximate surface area is 82.5 Å². The smallest absolute Gasteiger partial charge is 0.117 e. The van der Waals surface area contributed by atoms with Gasteiger partial charge < -0.3 is 10.4 Å². The Morgan fingerprint density at radius 1 is 1.77 bits per heavy atom. The van der Waals surface area contributed by atoms with Gasteiger partial charge in [-0.1, -0.05) is 11.6 Å². The molecule has 13 heavy (non-hydrogen) atoms. The van der Waals surface area contributed by atoms with Crippen molar-refractivity contribution in [2.45, 2.75) is 12.5 Å². The molecule has 0 aliphatic heterocycles. The molecule has 2 N–H and O–H groups in total. The van der Waals surface area contributed by atoms with Crippen LogP contribution in [0.1, 0.15) is 12.6 Å². The van der Waals surface area contributed by atoms with Gasteiger partial charge in [-0.2, -0.15) is 5.10 Å². The van der Waals surface area contributed by atoms with E-state index in [9.17, 15) is 5.11 Å². The normalized spacial score (nSPS) is 15.8. The molecular weight excluding hydrogens is 190 g/mol. The summed E-state index contributed by atoms with van der Waals surface area (Å²) in [5, 5.41) is 17.4. The summed E-state index contributed by atoms with van der Waals surface area (Å²) in [5.41, 5.74) is -0.361. The summed E-state index contributed by atoms with van der Waals surface area (Å²) in [4.78, 5) is 0. The van der Waals surface area contributed by atoms with Gasteiger partial charge in [0.25, 0.3) is 0 Å². The number of hydrogen-bond acceptors (Lipinski definition) is 3. The first-order chi connectivity index (χ1) is 5.99. The highest BCUT2D eigenvalue weighted by Crippen LogP contribution is 2.26. The van der Waals surface area contributed by atoms with E-state index in [1.54, 1.807) is 25.7 Å². The predicted molar refractivity (Wildman–Crippen MR) is 51.7 cm³/mol. The number of hydrogen-bond donors (Lipinski definition) is 2. The molecule has 5 heteroatoms. The molecule has 1 aromatic heterocycles. The predicted octanol–water partition coefficient (Wildman–Crippen LogP) is 0.500. The lowest BCUT2D eigenvalue weighted by Gasteiger charge is -2.23. The fourth-order valence-electron chi connectivity index (χ4n) is 1.44. The van der Waals surface area contributed by atoms with E-state index in [1.165, 1.54) is 6.20 Å². The van der Waals surface area contributed by atoms with Gasteiger partial charge in [0.1, 0.15) is 5.60 Å². The van der Waals surface area contributed by atoms with E-state index >= 15 is 0 Å². The maximum atomic E-state index is 10.0. The summed E-state index contributed by atoms with van der Waals surface area (Å²) in [7, 11) is 3.53. The van der Waals surface area contributed by atoms with E-state index in [-0.39, 0.29) is 0 Å². The van der Waals surface area contributed by atoms with Crippen LogP contribution in [0, 0.1) is 0 Å². The van der Waals surface area contributed by atoms with Crippen molar-refractivity contribution in [2.75, 3.05) is 13.6 Å². The topological polar surface area (TPSA) is 50.1 Å². The van der Waals surface area contributed by atoms with Crippen molar-refractivity contribution in [1.29, 1.82) is 0 Å². The summed E-state index contributed by atoms with van der Waals surface area (Å²) >= 11 is 5.89. The van der Waals surface area contributed by atoms with Crippen LogP contribution in [-0.4, -0.2) is 28.5 Å². The molecule has 0 fully saturated rings. The summed E-state index contributed by atoms with van der Waals surface area (Å²) in [6.45, 7) is 2.14. The van der Waals surface area contributed by atoms with Crippen molar-refractivity contribution < 1.29 is 5.11 Å². The molecule has 74 valence electrons. The summed E-state index contributed by atoms with van der Waals surface area (Å²) in [6, 6.07) is 0. The molecule has 1 atom stereocenters. The minimum absolute atomic E-state index is 0.437. The second-order valence-electron chi connectivity index (χ2n) is 3.27. The molecule has 1 unspecified atom stereocenters. The van der Waals surface area contributed by atoms with Gasteiger partial charge in [0.05, 0.1) is 16.9 Å². The van der Waals surface area contributed by atoms with Gasteiger partial charge >= 0.3 is 0 Å². The number of likely N-dealkylation sites (N-methyl/N-ethyl adjacent to an activating group) is 1. The highest BCUT2D eigenvalue weighted by Gasteiger charge is 2.28. The van der Waals surface area contributed by atoms with Crippen molar-refractivity contribution >= 4 is 11.6 Å². The second kappa shape index (κ2) is 3.65. The molecule has 0 aliphatic carbocycles. The zero-order chi connectivity index (χ0) is 10.1. The van der Waals surface area contributed by atoms with E-state index in [0.29, 0.717) is 17.3 Å². The van der Waals surface area contributed by atoms with Gasteiger partial charge in [-0.3, -0.25) is 4.68 Å². The number of nitrogens with one attached hydrogen (secondary N) is 1. The molecule has 0 saturated heterocycles. The van der Waals surface area contributed by atoms with E-state index in [0.717, 1.165) is 0 Å². The van der Waals surface area contributed by atoms with E-state index in [2.05, 4.69) is 10.4 Å². The van der Waals surface area contributed by atoms with Crippen LogP contribution in [0.5, 0.6) is 0 Å². The van der Waals surface area contributed by atoms with Gasteiger partial charge in [-0.15, -0.1) is 0 Å². The monoisotopic (exact) mass is 203 g/mol. The van der Waals surface area contributed by atoms with Gasteiger partial charge in [-0.25, -0.2) is 0 Å². The number of aryl methyl sites for hydroxylation is 1. The van der Waals surface area contributed by atoms with Crippen LogP contribution in [0.15, 0.2) is 6.20 Å². The molecule has 0 spiro atoms. The summed E-state index contributed by atoms with van der Waals surface area (Å²) in [6.07, 6.45) is 1.53. The fourth-order valence-corrected chi connectivity index (χ4v) is 1.81. The minimum Gasteiger partial charge on any atom is -0.382 e. The molecule has 0 aliphatic rings. The molecule has 0 aromatic carbocycles. The van der Waals surface area contributed by atoms with Crippen molar-refractivity contribution in [3.8, 4) is 0 Å².